The molecule has 22 heavy (non-hydrogen) atoms. The van der Waals surface area contributed by atoms with E-state index in [-0.39, 0.29) is 17.9 Å². The van der Waals surface area contributed by atoms with Crippen LogP contribution in [0.3, 0.4) is 0 Å². The summed E-state index contributed by atoms with van der Waals surface area (Å²) in [4.78, 5) is 13.7. The highest BCUT2D eigenvalue weighted by Crippen LogP contribution is 2.24. The number of likely N-dealkylation sites (N-methyl/N-ethyl adjacent to an activating group) is 1. The van der Waals surface area contributed by atoms with Crippen LogP contribution in [0.25, 0.3) is 0 Å². The molecule has 1 aromatic carbocycles. The summed E-state index contributed by atoms with van der Waals surface area (Å²) < 4.78 is 23.8. The molecule has 1 rings (SSSR count). The second-order valence-electron chi connectivity index (χ2n) is 5.94. The van der Waals surface area contributed by atoms with Gasteiger partial charge in [-0.15, -0.1) is 0 Å². The zero-order chi connectivity index (χ0) is 17.1. The van der Waals surface area contributed by atoms with Gasteiger partial charge in [0.1, 0.15) is 5.75 Å². The minimum absolute atomic E-state index is 0.0768. The first kappa shape index (κ1) is 19.0. The largest absolute Gasteiger partial charge is 0.342 e. The normalized spacial score (nSPS) is 14.7. The smallest absolute Gasteiger partial charge is 0.237 e. The van der Waals surface area contributed by atoms with Gasteiger partial charge in [-0.2, -0.15) is 0 Å². The van der Waals surface area contributed by atoms with Gasteiger partial charge in [-0.25, -0.2) is 8.42 Å². The van der Waals surface area contributed by atoms with Crippen molar-refractivity contribution in [2.45, 2.75) is 44.9 Å². The summed E-state index contributed by atoms with van der Waals surface area (Å²) in [6.07, 6.45) is 0. The lowest BCUT2D eigenvalue weighted by molar-refractivity contribution is -0.129. The molecule has 0 fully saturated rings. The Balaban J connectivity index is 2.81. The highest BCUT2D eigenvalue weighted by atomic mass is 35.5. The quantitative estimate of drug-likeness (QED) is 0.796. The monoisotopic (exact) mass is 345 g/mol. The maximum Gasteiger partial charge on any atom is 0.237 e. The van der Waals surface area contributed by atoms with Crippen molar-refractivity contribution in [2.24, 2.45) is 0 Å². The molecule has 0 heterocycles. The molecule has 0 aliphatic heterocycles. The molecule has 0 bridgehead atoms. The zero-order valence-corrected chi connectivity index (χ0v) is 15.3. The molecule has 0 N–H and O–H groups in total. The van der Waals surface area contributed by atoms with Gasteiger partial charge in [0.05, 0.1) is 5.25 Å². The van der Waals surface area contributed by atoms with Crippen LogP contribution in [0.4, 0.5) is 0 Å². The Hall–Kier alpha value is -1.07. The number of nitrogens with zero attached hydrogens (tertiary/aromatic N) is 1. The van der Waals surface area contributed by atoms with Crippen LogP contribution in [0.15, 0.2) is 24.3 Å². The fraction of sp³-hybridized carbons (Fsp3) is 0.562. The molecule has 0 radical (unpaired) electrons. The van der Waals surface area contributed by atoms with Crippen LogP contribution in [0, 0.1) is 0 Å². The molecule has 1 amide bonds. The van der Waals surface area contributed by atoms with E-state index in [1.165, 1.54) is 4.90 Å². The van der Waals surface area contributed by atoms with Crippen molar-refractivity contribution < 1.29 is 13.2 Å². The van der Waals surface area contributed by atoms with Crippen LogP contribution in [0.2, 0.25) is 5.02 Å². The van der Waals surface area contributed by atoms with Gasteiger partial charge in [0.15, 0.2) is 9.84 Å². The molecule has 4 nitrogen and oxygen atoms in total. The van der Waals surface area contributed by atoms with Gasteiger partial charge in [-0.3, -0.25) is 4.79 Å². The lowest BCUT2D eigenvalue weighted by Crippen LogP contribution is -2.42. The summed E-state index contributed by atoms with van der Waals surface area (Å²) in [5, 5.41) is 0.116. The third kappa shape index (κ3) is 4.71. The van der Waals surface area contributed by atoms with E-state index in [1.807, 2.05) is 38.1 Å². The average Bonchev–Trinajstić information content (AvgIpc) is 2.45. The highest BCUT2D eigenvalue weighted by molar-refractivity contribution is 7.92. The van der Waals surface area contributed by atoms with E-state index in [9.17, 15) is 13.2 Å². The standard InChI is InChI=1S/C16H24ClNO3S/c1-11(2)22(20,21)10-16(19)18(5)13(4)12(3)14-6-8-15(17)9-7-14/h6-9,11-13H,10H2,1-5H3. The minimum Gasteiger partial charge on any atom is -0.342 e. The molecular formula is C16H24ClNO3S. The molecule has 1 aromatic rings. The van der Waals surface area contributed by atoms with E-state index >= 15 is 0 Å². The summed E-state index contributed by atoms with van der Waals surface area (Å²) >= 11 is 5.88. The van der Waals surface area contributed by atoms with E-state index in [2.05, 4.69) is 0 Å². The predicted octanol–water partition coefficient (Wildman–Crippen LogP) is 3.11. The van der Waals surface area contributed by atoms with Crippen molar-refractivity contribution in [3.05, 3.63) is 34.9 Å². The molecule has 6 heteroatoms. The van der Waals surface area contributed by atoms with E-state index in [0.29, 0.717) is 5.02 Å². The van der Waals surface area contributed by atoms with Gasteiger partial charge in [0, 0.05) is 24.0 Å². The van der Waals surface area contributed by atoms with Crippen molar-refractivity contribution >= 4 is 27.3 Å². The number of benzene rings is 1. The van der Waals surface area contributed by atoms with Crippen LogP contribution in [-0.2, 0) is 14.6 Å². The molecule has 0 aliphatic rings. The van der Waals surface area contributed by atoms with Crippen LogP contribution in [-0.4, -0.2) is 43.3 Å². The molecule has 0 aromatic heterocycles. The summed E-state index contributed by atoms with van der Waals surface area (Å²) in [6.45, 7) is 7.10. The molecule has 124 valence electrons. The highest BCUT2D eigenvalue weighted by Gasteiger charge is 2.27. The molecule has 0 aliphatic carbocycles. The fourth-order valence-electron chi connectivity index (χ4n) is 2.05. The van der Waals surface area contributed by atoms with Crippen molar-refractivity contribution in [2.75, 3.05) is 12.8 Å². The molecule has 2 atom stereocenters. The molecular weight excluding hydrogens is 322 g/mol. The van der Waals surface area contributed by atoms with Crippen molar-refractivity contribution in [3.63, 3.8) is 0 Å². The number of hydrogen-bond acceptors (Lipinski definition) is 3. The second kappa shape index (κ2) is 7.47. The Morgan fingerprint density at radius 3 is 2.09 bits per heavy atom. The van der Waals surface area contributed by atoms with Crippen LogP contribution < -0.4 is 0 Å². The Kier molecular flexibility index (Phi) is 6.44. The van der Waals surface area contributed by atoms with Gasteiger partial charge in [0.2, 0.25) is 5.91 Å². The SMILES string of the molecule is CC(c1ccc(Cl)cc1)C(C)N(C)C(=O)CS(=O)(=O)C(C)C. The Morgan fingerprint density at radius 2 is 1.64 bits per heavy atom. The van der Waals surface area contributed by atoms with Crippen LogP contribution in [0.5, 0.6) is 0 Å². The van der Waals surface area contributed by atoms with Gasteiger partial charge >= 0.3 is 0 Å². The first-order valence-corrected chi connectivity index (χ1v) is 9.38. The van der Waals surface area contributed by atoms with Gasteiger partial charge < -0.3 is 4.90 Å². The van der Waals surface area contributed by atoms with Crippen molar-refractivity contribution in [1.29, 1.82) is 0 Å². The second-order valence-corrected chi connectivity index (χ2v) is 8.94. The zero-order valence-electron chi connectivity index (χ0n) is 13.7. The first-order chi connectivity index (χ1) is 10.1. The maximum absolute atomic E-state index is 12.2. The van der Waals surface area contributed by atoms with Crippen molar-refractivity contribution in [1.82, 2.24) is 4.90 Å². The molecule has 0 saturated carbocycles. The topological polar surface area (TPSA) is 54.5 Å². The fourth-order valence-corrected chi connectivity index (χ4v) is 3.06. The molecule has 2 unspecified atom stereocenters. The molecule has 0 saturated heterocycles. The lowest BCUT2D eigenvalue weighted by Gasteiger charge is -2.30. The summed E-state index contributed by atoms with van der Waals surface area (Å²) in [5.41, 5.74) is 1.06. The van der Waals surface area contributed by atoms with E-state index in [1.54, 1.807) is 20.9 Å². The third-order valence-corrected chi connectivity index (χ3v) is 6.50. The van der Waals surface area contributed by atoms with Gasteiger partial charge in [-0.05, 0) is 38.5 Å². The van der Waals surface area contributed by atoms with E-state index in [4.69, 9.17) is 11.6 Å². The number of sulfone groups is 1. The Labute approximate surface area is 138 Å². The number of rotatable bonds is 6. The van der Waals surface area contributed by atoms with E-state index < -0.39 is 20.8 Å². The van der Waals surface area contributed by atoms with Crippen LogP contribution >= 0.6 is 11.6 Å². The van der Waals surface area contributed by atoms with E-state index in [0.717, 1.165) is 5.56 Å². The summed E-state index contributed by atoms with van der Waals surface area (Å²) in [5.74, 6) is -0.742. The predicted molar refractivity (Wildman–Crippen MR) is 91.0 cm³/mol. The van der Waals surface area contributed by atoms with Gasteiger partial charge in [0.25, 0.3) is 0 Å². The van der Waals surface area contributed by atoms with Crippen LogP contribution in [0.1, 0.15) is 39.2 Å². The summed E-state index contributed by atoms with van der Waals surface area (Å²) in [6, 6.07) is 7.35. The van der Waals surface area contributed by atoms with Crippen molar-refractivity contribution in [3.8, 4) is 0 Å². The number of carbonyl (C=O) groups excluding carboxylic acids is 1. The number of halogens is 1. The number of carbonyl (C=O) groups is 1. The maximum atomic E-state index is 12.2. The minimum atomic E-state index is -3.38. The Bertz CT molecular complexity index is 611. The summed E-state index contributed by atoms with van der Waals surface area (Å²) in [7, 11) is -1.73. The number of amides is 1. The lowest BCUT2D eigenvalue weighted by atomic mass is 9.93. The number of hydrogen-bond donors (Lipinski definition) is 0. The Morgan fingerprint density at radius 1 is 1.14 bits per heavy atom. The van der Waals surface area contributed by atoms with Gasteiger partial charge in [-0.1, -0.05) is 30.7 Å². The molecule has 0 spiro atoms. The third-order valence-electron chi connectivity index (χ3n) is 4.17. The average molecular weight is 346 g/mol. The first-order valence-electron chi connectivity index (χ1n) is 7.29.